The molecule has 0 aromatic rings. The van der Waals surface area contributed by atoms with Crippen LogP contribution >= 0.6 is 21.6 Å². The maximum atomic E-state index is 10.6. The number of hydrogen-bond acceptors (Lipinski definition) is 4. The minimum absolute atomic E-state index is 0.00394. The molecule has 0 spiro atoms. The molecule has 0 aliphatic heterocycles. The first-order valence-electron chi connectivity index (χ1n) is 3.77. The topological polar surface area (TPSA) is 66.1 Å². The van der Waals surface area contributed by atoms with Gasteiger partial charge in [-0.05, 0) is 6.92 Å². The summed E-state index contributed by atoms with van der Waals surface area (Å²) in [6.45, 7) is 3.29. The highest BCUT2D eigenvalue weighted by Crippen LogP contribution is 2.25. The van der Waals surface area contributed by atoms with Crippen molar-refractivity contribution >= 4 is 33.5 Å². The third-order valence-electron chi connectivity index (χ3n) is 1.01. The molecule has 13 heavy (non-hydrogen) atoms. The summed E-state index contributed by atoms with van der Waals surface area (Å²) < 4.78 is 0. The lowest BCUT2D eigenvalue weighted by Crippen LogP contribution is -2.26. The summed E-state index contributed by atoms with van der Waals surface area (Å²) in [6.07, 6.45) is 0.0461. The molecule has 0 saturated carbocycles. The first-order valence-corrected chi connectivity index (χ1v) is 6.16. The van der Waals surface area contributed by atoms with E-state index in [-0.39, 0.29) is 17.7 Å². The molecule has 75 valence electrons. The fraction of sp³-hybridized carbons (Fsp3) is 0.714. The van der Waals surface area contributed by atoms with Crippen LogP contribution in [0.2, 0.25) is 0 Å². The fourth-order valence-corrected chi connectivity index (χ4v) is 2.65. The summed E-state index contributed by atoms with van der Waals surface area (Å²) in [5.41, 5.74) is 0. The van der Waals surface area contributed by atoms with Gasteiger partial charge in [0, 0.05) is 12.7 Å². The highest BCUT2D eigenvalue weighted by Gasteiger charge is 2.05. The minimum Gasteiger partial charge on any atom is -0.344 e. The molecule has 1 radical (unpaired) electrons. The third kappa shape index (κ3) is 9.55. The lowest BCUT2D eigenvalue weighted by atomic mass is 10.5. The van der Waals surface area contributed by atoms with Crippen molar-refractivity contribution in [3.63, 3.8) is 0 Å². The van der Waals surface area contributed by atoms with Crippen LogP contribution in [0.1, 0.15) is 20.3 Å². The molecule has 0 rings (SSSR count). The van der Waals surface area contributed by atoms with E-state index in [0.29, 0.717) is 5.75 Å². The normalized spacial score (nSPS) is 12.2. The molecular formula is C7H12NO3S2. The average Bonchev–Trinajstić information content (AvgIpc) is 1.96. The van der Waals surface area contributed by atoms with Gasteiger partial charge in [0.05, 0.1) is 11.8 Å². The van der Waals surface area contributed by atoms with Crippen molar-refractivity contribution in [1.82, 2.24) is 5.32 Å². The van der Waals surface area contributed by atoms with Gasteiger partial charge >= 0.3 is 5.97 Å². The Kier molecular flexibility index (Phi) is 6.89. The SMILES string of the molecule is CC(=O)NC(C)SSCCC([O])=O. The van der Waals surface area contributed by atoms with Crippen molar-refractivity contribution in [3.05, 3.63) is 0 Å². The summed E-state index contributed by atoms with van der Waals surface area (Å²) in [6, 6.07) is 0. The van der Waals surface area contributed by atoms with Crippen LogP contribution in [0.3, 0.4) is 0 Å². The molecule has 0 aliphatic carbocycles. The molecule has 0 bridgehead atoms. The van der Waals surface area contributed by atoms with Gasteiger partial charge in [-0.25, -0.2) is 9.90 Å². The Balaban J connectivity index is 3.31. The quantitative estimate of drug-likeness (QED) is 0.416. The average molecular weight is 222 g/mol. The van der Waals surface area contributed by atoms with Crippen molar-refractivity contribution in [2.45, 2.75) is 25.6 Å². The van der Waals surface area contributed by atoms with Crippen LogP contribution in [0, 0.1) is 0 Å². The van der Waals surface area contributed by atoms with Gasteiger partial charge in [0.2, 0.25) is 5.91 Å². The zero-order valence-electron chi connectivity index (χ0n) is 7.53. The summed E-state index contributed by atoms with van der Waals surface area (Å²) in [7, 11) is 2.85. The number of carbonyl (C=O) groups is 2. The van der Waals surface area contributed by atoms with E-state index < -0.39 is 5.97 Å². The molecule has 1 amide bonds. The van der Waals surface area contributed by atoms with Gasteiger partial charge in [-0.3, -0.25) is 4.79 Å². The van der Waals surface area contributed by atoms with Crippen LogP contribution in [0.25, 0.3) is 0 Å². The molecule has 1 N–H and O–H groups in total. The van der Waals surface area contributed by atoms with Gasteiger partial charge in [-0.2, -0.15) is 0 Å². The predicted octanol–water partition coefficient (Wildman–Crippen LogP) is 1.20. The number of carbonyl (C=O) groups excluding carboxylic acids is 2. The second-order valence-corrected chi connectivity index (χ2v) is 5.21. The van der Waals surface area contributed by atoms with E-state index in [4.69, 9.17) is 0 Å². The smallest absolute Gasteiger partial charge is 0.344 e. The molecule has 0 heterocycles. The van der Waals surface area contributed by atoms with Crippen LogP contribution in [0.5, 0.6) is 0 Å². The van der Waals surface area contributed by atoms with E-state index in [9.17, 15) is 14.7 Å². The number of hydrogen-bond donors (Lipinski definition) is 1. The Morgan fingerprint density at radius 3 is 2.54 bits per heavy atom. The van der Waals surface area contributed by atoms with E-state index in [1.165, 1.54) is 28.5 Å². The van der Waals surface area contributed by atoms with Crippen LogP contribution in [-0.4, -0.2) is 23.0 Å². The summed E-state index contributed by atoms with van der Waals surface area (Å²) in [4.78, 5) is 20.6. The first-order chi connectivity index (χ1) is 6.02. The van der Waals surface area contributed by atoms with E-state index in [2.05, 4.69) is 5.32 Å². The molecule has 4 nitrogen and oxygen atoms in total. The van der Waals surface area contributed by atoms with Gasteiger partial charge < -0.3 is 5.32 Å². The standard InChI is InChI=1S/C7H12NO3S2/c1-5(9)8-6(2)13-12-4-3-7(10)11/h6H,3-4H2,1-2H3,(H,8,9). The van der Waals surface area contributed by atoms with E-state index in [1.807, 2.05) is 6.92 Å². The lowest BCUT2D eigenvalue weighted by Gasteiger charge is -2.09. The van der Waals surface area contributed by atoms with E-state index in [0.717, 1.165) is 0 Å². The van der Waals surface area contributed by atoms with Gasteiger partial charge in [0.1, 0.15) is 0 Å². The molecule has 6 heteroatoms. The number of nitrogens with one attached hydrogen (secondary N) is 1. The van der Waals surface area contributed by atoms with Gasteiger partial charge in [-0.15, -0.1) is 0 Å². The summed E-state index contributed by atoms with van der Waals surface area (Å²) in [5, 5.41) is 12.7. The van der Waals surface area contributed by atoms with Crippen molar-refractivity contribution in [2.75, 3.05) is 5.75 Å². The van der Waals surface area contributed by atoms with Crippen LogP contribution < -0.4 is 5.32 Å². The monoisotopic (exact) mass is 222 g/mol. The minimum atomic E-state index is -1.04. The number of rotatable bonds is 6. The maximum absolute atomic E-state index is 10.6. The highest BCUT2D eigenvalue weighted by molar-refractivity contribution is 8.76. The molecule has 0 aliphatic rings. The van der Waals surface area contributed by atoms with Gasteiger partial charge in [0.25, 0.3) is 0 Å². The van der Waals surface area contributed by atoms with Crippen molar-refractivity contribution in [2.24, 2.45) is 0 Å². The third-order valence-corrected chi connectivity index (χ3v) is 3.70. The van der Waals surface area contributed by atoms with Crippen LogP contribution in [0.15, 0.2) is 0 Å². The Hall–Kier alpha value is -0.360. The molecule has 0 saturated heterocycles. The fourth-order valence-electron chi connectivity index (χ4n) is 0.585. The lowest BCUT2D eigenvalue weighted by molar-refractivity contribution is -0.142. The largest absolute Gasteiger partial charge is 0.356 e. The molecule has 1 unspecified atom stereocenters. The Morgan fingerprint density at radius 2 is 2.08 bits per heavy atom. The summed E-state index contributed by atoms with van der Waals surface area (Å²) in [5.74, 6) is -0.627. The molecule has 0 aromatic heterocycles. The highest BCUT2D eigenvalue weighted by atomic mass is 33.1. The Morgan fingerprint density at radius 1 is 1.46 bits per heavy atom. The maximum Gasteiger partial charge on any atom is 0.356 e. The van der Waals surface area contributed by atoms with Crippen LogP contribution in [-0.2, 0) is 14.7 Å². The second-order valence-electron chi connectivity index (χ2n) is 2.38. The Labute approximate surface area is 85.2 Å². The predicted molar refractivity (Wildman–Crippen MR) is 53.6 cm³/mol. The van der Waals surface area contributed by atoms with Gasteiger partial charge in [-0.1, -0.05) is 21.6 Å². The molecule has 0 fully saturated rings. The zero-order valence-corrected chi connectivity index (χ0v) is 9.17. The van der Waals surface area contributed by atoms with E-state index >= 15 is 0 Å². The molecule has 1 atom stereocenters. The van der Waals surface area contributed by atoms with Crippen LogP contribution in [0.4, 0.5) is 0 Å². The van der Waals surface area contributed by atoms with E-state index in [1.54, 1.807) is 0 Å². The Bertz CT molecular complexity index is 187. The zero-order chi connectivity index (χ0) is 10.3. The number of amides is 1. The van der Waals surface area contributed by atoms with Crippen molar-refractivity contribution in [3.8, 4) is 0 Å². The van der Waals surface area contributed by atoms with Crippen molar-refractivity contribution in [1.29, 1.82) is 0 Å². The summed E-state index contributed by atoms with van der Waals surface area (Å²) >= 11 is 0. The molecule has 0 aromatic carbocycles. The van der Waals surface area contributed by atoms with Crippen molar-refractivity contribution < 1.29 is 14.7 Å². The van der Waals surface area contributed by atoms with Gasteiger partial charge in [0.15, 0.2) is 0 Å². The second kappa shape index (κ2) is 7.08. The molecular weight excluding hydrogens is 210 g/mol. The first kappa shape index (κ1) is 12.6.